The van der Waals surface area contributed by atoms with E-state index >= 15 is 0 Å². The number of nitrogens with two attached hydrogens (primary N) is 1. The first-order valence-corrected chi connectivity index (χ1v) is 13.0. The molecule has 12 N–H and O–H groups in total. The Kier molecular flexibility index (Phi) is 13.4. The fourth-order valence-corrected chi connectivity index (χ4v) is 4.15. The second kappa shape index (κ2) is 15.8. The second-order valence-electron chi connectivity index (χ2n) is 9.99. The first-order valence-electron chi connectivity index (χ1n) is 13.0. The molecule has 0 aromatic carbocycles. The van der Waals surface area contributed by atoms with E-state index in [9.17, 15) is 49.8 Å². The van der Waals surface area contributed by atoms with E-state index in [2.05, 4.69) is 16.0 Å². The number of aliphatic hydroxyl groups is 6. The molecule has 2 aliphatic rings. The monoisotopic (exact) mass is 612 g/mol. The summed E-state index contributed by atoms with van der Waals surface area (Å²) in [7, 11) is 0. The number of aliphatic hydroxyl groups excluding tert-OH is 6. The van der Waals surface area contributed by atoms with Gasteiger partial charge in [0.2, 0.25) is 17.7 Å². The Morgan fingerprint density at radius 3 is 1.95 bits per heavy atom. The van der Waals surface area contributed by atoms with Crippen LogP contribution in [0.3, 0.4) is 0 Å². The molecule has 0 spiro atoms. The van der Waals surface area contributed by atoms with E-state index in [0.717, 1.165) is 6.92 Å². The zero-order valence-corrected chi connectivity index (χ0v) is 23.1. The van der Waals surface area contributed by atoms with Crippen LogP contribution >= 0.6 is 0 Å². The second-order valence-corrected chi connectivity index (χ2v) is 9.99. The third-order valence-electron chi connectivity index (χ3n) is 6.57. The molecule has 0 unspecified atom stereocenters. The topological polar surface area (TPSA) is 309 Å². The number of hydrogen-bond acceptors (Lipinski definition) is 15. The number of carboxylic acids is 1. The Morgan fingerprint density at radius 1 is 0.857 bits per heavy atom. The van der Waals surface area contributed by atoms with Gasteiger partial charge in [0.15, 0.2) is 12.6 Å². The van der Waals surface area contributed by atoms with Crippen molar-refractivity contribution in [2.75, 3.05) is 19.8 Å². The summed E-state index contributed by atoms with van der Waals surface area (Å²) in [6, 6.07) is -5.40. The largest absolute Gasteiger partial charge is 0.480 e. The van der Waals surface area contributed by atoms with E-state index in [4.69, 9.17) is 29.8 Å². The summed E-state index contributed by atoms with van der Waals surface area (Å²) in [6.45, 7) is 1.31. The average molecular weight is 613 g/mol. The normalized spacial score (nSPS) is 35.4. The first kappa shape index (κ1) is 35.6. The van der Waals surface area contributed by atoms with Gasteiger partial charge in [-0.25, -0.2) is 0 Å². The van der Waals surface area contributed by atoms with Gasteiger partial charge in [-0.15, -0.1) is 0 Å². The van der Waals surface area contributed by atoms with Gasteiger partial charge in [0, 0.05) is 6.92 Å². The summed E-state index contributed by atoms with van der Waals surface area (Å²) < 4.78 is 22.3. The van der Waals surface area contributed by atoms with Crippen molar-refractivity contribution in [3.63, 3.8) is 0 Å². The van der Waals surface area contributed by atoms with Gasteiger partial charge in [-0.1, -0.05) is 0 Å². The highest BCUT2D eigenvalue weighted by Crippen LogP contribution is 2.29. The first-order chi connectivity index (χ1) is 19.6. The lowest BCUT2D eigenvalue weighted by Gasteiger charge is -2.47. The van der Waals surface area contributed by atoms with E-state index in [1.165, 1.54) is 13.8 Å². The fraction of sp³-hybridized carbons (Fsp3) is 0.826. The number of ether oxygens (including phenoxy) is 4. The minimum atomic E-state index is -1.89. The highest BCUT2D eigenvalue weighted by molar-refractivity contribution is 5.91. The Morgan fingerprint density at radius 2 is 1.43 bits per heavy atom. The number of carbonyl (C=O) groups excluding carboxylic acids is 3. The smallest absolute Gasteiger partial charge is 0.325 e. The molecular weight excluding hydrogens is 572 g/mol. The zero-order chi connectivity index (χ0) is 31.9. The molecule has 19 heteroatoms. The molecule has 42 heavy (non-hydrogen) atoms. The van der Waals surface area contributed by atoms with Crippen LogP contribution in [0.1, 0.15) is 20.8 Å². The lowest BCUT2D eigenvalue weighted by atomic mass is 9.95. The predicted octanol–water partition coefficient (Wildman–Crippen LogP) is -6.81. The van der Waals surface area contributed by atoms with Crippen molar-refractivity contribution in [2.24, 2.45) is 5.73 Å². The number of nitrogens with one attached hydrogen (secondary N) is 3. The van der Waals surface area contributed by atoms with Crippen LogP contribution < -0.4 is 21.7 Å². The molecule has 0 aromatic rings. The summed E-state index contributed by atoms with van der Waals surface area (Å²) in [4.78, 5) is 48.3. The maximum atomic E-state index is 12.8. The van der Waals surface area contributed by atoms with Gasteiger partial charge in [-0.2, -0.15) is 0 Å². The molecule has 0 saturated carbocycles. The summed E-state index contributed by atoms with van der Waals surface area (Å²) >= 11 is 0. The molecule has 242 valence electrons. The Balaban J connectivity index is 2.34. The third kappa shape index (κ3) is 8.97. The average Bonchev–Trinajstić information content (AvgIpc) is 2.92. The van der Waals surface area contributed by atoms with Gasteiger partial charge in [0.1, 0.15) is 60.9 Å². The Labute approximate surface area is 239 Å². The van der Waals surface area contributed by atoms with Crippen LogP contribution in [0, 0.1) is 0 Å². The highest BCUT2D eigenvalue weighted by atomic mass is 16.7. The number of amides is 3. The van der Waals surface area contributed by atoms with Gasteiger partial charge in [0.25, 0.3) is 0 Å². The maximum Gasteiger partial charge on any atom is 0.325 e. The predicted molar refractivity (Wildman–Crippen MR) is 135 cm³/mol. The van der Waals surface area contributed by atoms with Gasteiger partial charge in [0.05, 0.1) is 25.9 Å². The van der Waals surface area contributed by atoms with Crippen molar-refractivity contribution in [3.05, 3.63) is 0 Å². The van der Waals surface area contributed by atoms with Crippen LogP contribution in [0.4, 0.5) is 0 Å². The van der Waals surface area contributed by atoms with E-state index in [0.29, 0.717) is 0 Å². The lowest BCUT2D eigenvalue weighted by Crippen LogP contribution is -2.68. The Hall–Kier alpha value is -2.56. The molecular formula is C23H40N4O15. The van der Waals surface area contributed by atoms with Crippen molar-refractivity contribution >= 4 is 23.7 Å². The van der Waals surface area contributed by atoms with Crippen molar-refractivity contribution < 1.29 is 73.9 Å². The minimum absolute atomic E-state index is 0.691. The number of hydrogen-bond donors (Lipinski definition) is 11. The molecule has 0 aliphatic carbocycles. The molecule has 2 saturated heterocycles. The van der Waals surface area contributed by atoms with Gasteiger partial charge < -0.3 is 76.4 Å². The number of aliphatic carboxylic acids is 1. The third-order valence-corrected chi connectivity index (χ3v) is 6.57. The molecule has 0 aromatic heterocycles. The molecule has 2 heterocycles. The lowest BCUT2D eigenvalue weighted by molar-refractivity contribution is -0.345. The quantitative estimate of drug-likeness (QED) is 0.0920. The van der Waals surface area contributed by atoms with Crippen LogP contribution in [0.2, 0.25) is 0 Å². The van der Waals surface area contributed by atoms with Gasteiger partial charge in [-0.3, -0.25) is 19.2 Å². The number of rotatable bonds is 13. The van der Waals surface area contributed by atoms with Crippen LogP contribution in [-0.4, -0.2) is 159 Å². The summed E-state index contributed by atoms with van der Waals surface area (Å²) in [5.41, 5.74) is 5.55. The fourth-order valence-electron chi connectivity index (χ4n) is 4.15. The summed E-state index contributed by atoms with van der Waals surface area (Å²) in [6.07, 6.45) is -14.9. The molecule has 13 atom stereocenters. The van der Waals surface area contributed by atoms with Crippen molar-refractivity contribution in [1.82, 2.24) is 16.0 Å². The van der Waals surface area contributed by atoms with Crippen molar-refractivity contribution in [2.45, 2.75) is 100 Å². The molecule has 0 radical (unpaired) electrons. The molecule has 2 rings (SSSR count). The van der Waals surface area contributed by atoms with Gasteiger partial charge in [-0.05, 0) is 13.8 Å². The van der Waals surface area contributed by atoms with E-state index in [-0.39, 0.29) is 0 Å². The molecule has 0 bridgehead atoms. The van der Waals surface area contributed by atoms with E-state index in [1.807, 2.05) is 0 Å². The van der Waals surface area contributed by atoms with Crippen LogP contribution in [-0.2, 0) is 38.1 Å². The van der Waals surface area contributed by atoms with E-state index in [1.54, 1.807) is 0 Å². The molecule has 19 nitrogen and oxygen atoms in total. The minimum Gasteiger partial charge on any atom is -0.480 e. The summed E-state index contributed by atoms with van der Waals surface area (Å²) in [5, 5.41) is 76.7. The maximum absolute atomic E-state index is 12.8. The van der Waals surface area contributed by atoms with Crippen molar-refractivity contribution in [3.8, 4) is 0 Å². The van der Waals surface area contributed by atoms with Crippen LogP contribution in [0.15, 0.2) is 0 Å². The van der Waals surface area contributed by atoms with E-state index < -0.39 is 123 Å². The Bertz CT molecular complexity index is 940. The summed E-state index contributed by atoms with van der Waals surface area (Å²) in [5.74, 6) is -3.82. The van der Waals surface area contributed by atoms with Gasteiger partial charge >= 0.3 is 5.97 Å². The highest BCUT2D eigenvalue weighted by Gasteiger charge is 2.51. The zero-order valence-electron chi connectivity index (χ0n) is 23.1. The molecule has 2 fully saturated rings. The standard InChI is InChI=1S/C23H40N4O15/c1-7(24)19(35)27-10(20(36)25-8(2)21(37)38)6-39-22-13(26-9(3)30)18(15(32)12(5-29)40-22)42-23-17(34)16(33)14(31)11(4-28)41-23/h7-8,10-18,22-23,28-29,31-34H,4-6,24H2,1-3H3,(H,25,36)(H,26,30)(H,27,35)(H,37,38)/t7-,8-,10-,11+,12+,13+,14-,15-,16-,17+,18+,22-,23-/m0/s1. The molecule has 2 aliphatic heterocycles. The number of carboxylic acid groups (broad SMARTS) is 1. The molecule has 3 amide bonds. The van der Waals surface area contributed by atoms with Crippen LogP contribution in [0.25, 0.3) is 0 Å². The SMILES string of the molecule is CC(=O)N[C@H]1[C@@H](OC[C@H](NC(=O)[C@H](C)N)C(=O)N[C@@H](C)C(=O)O)O[C@H](CO)[C@H](O)[C@@H]1O[C@@H]1O[C@H](CO)[C@H](O)[C@H](O)[C@H]1O. The van der Waals surface area contributed by atoms with Crippen LogP contribution in [0.5, 0.6) is 0 Å². The van der Waals surface area contributed by atoms with Crippen molar-refractivity contribution in [1.29, 1.82) is 0 Å². The number of carbonyl (C=O) groups is 4.